The number of benzene rings is 1. The molecule has 1 aliphatic carbocycles. The van der Waals surface area contributed by atoms with Crippen LogP contribution in [0, 0.1) is 0 Å². The fourth-order valence-electron chi connectivity index (χ4n) is 1.82. The Kier molecular flexibility index (Phi) is 4.55. The Hall–Kier alpha value is -1.51. The molecule has 1 aliphatic rings. The zero-order chi connectivity index (χ0) is 12.9. The maximum atomic E-state index is 10.0. The third-order valence-corrected chi connectivity index (χ3v) is 2.42. The number of amides is 1. The van der Waals surface area contributed by atoms with Gasteiger partial charge in [0, 0.05) is 0 Å². The van der Waals surface area contributed by atoms with Gasteiger partial charge in [0.15, 0.2) is 0 Å². The molecule has 0 aromatic heterocycles. The number of ether oxygens (including phenoxy) is 1. The van der Waals surface area contributed by atoms with Crippen molar-refractivity contribution in [1.29, 1.82) is 0 Å². The van der Waals surface area contributed by atoms with Gasteiger partial charge in [0.05, 0.1) is 0 Å². The van der Waals surface area contributed by atoms with Gasteiger partial charge in [0.2, 0.25) is 0 Å². The van der Waals surface area contributed by atoms with Crippen molar-refractivity contribution in [2.24, 2.45) is 5.73 Å². The number of aryl methyl sites for hydroxylation is 2. The first-order valence-corrected chi connectivity index (χ1v) is 5.94. The Morgan fingerprint density at radius 1 is 1.18 bits per heavy atom. The van der Waals surface area contributed by atoms with Gasteiger partial charge in [-0.2, -0.15) is 0 Å². The molecule has 2 N–H and O–H groups in total. The van der Waals surface area contributed by atoms with Gasteiger partial charge in [-0.1, -0.05) is 24.3 Å². The van der Waals surface area contributed by atoms with Crippen LogP contribution in [-0.2, 0) is 17.6 Å². The van der Waals surface area contributed by atoms with E-state index in [9.17, 15) is 4.79 Å². The van der Waals surface area contributed by atoms with Crippen molar-refractivity contribution in [3.63, 3.8) is 0 Å². The molecule has 3 nitrogen and oxygen atoms in total. The number of hydrogen-bond acceptors (Lipinski definition) is 2. The predicted molar refractivity (Wildman–Crippen MR) is 68.9 cm³/mol. The summed E-state index contributed by atoms with van der Waals surface area (Å²) in [4.78, 5) is 10.0. The number of fused-ring (bicyclic) bond motifs is 1. The first-order valence-electron chi connectivity index (χ1n) is 5.94. The van der Waals surface area contributed by atoms with Crippen molar-refractivity contribution < 1.29 is 9.53 Å². The van der Waals surface area contributed by atoms with Crippen molar-refractivity contribution >= 4 is 6.09 Å². The van der Waals surface area contributed by atoms with Gasteiger partial charge < -0.3 is 10.5 Å². The third kappa shape index (κ3) is 5.38. The van der Waals surface area contributed by atoms with Crippen molar-refractivity contribution in [1.82, 2.24) is 0 Å². The molecule has 2 rings (SSSR count). The van der Waals surface area contributed by atoms with Crippen LogP contribution in [0.15, 0.2) is 24.3 Å². The molecular formula is C14H21NO2. The van der Waals surface area contributed by atoms with E-state index in [0.717, 1.165) is 0 Å². The first-order chi connectivity index (χ1) is 7.88. The molecule has 0 heterocycles. The zero-order valence-corrected chi connectivity index (χ0v) is 10.8. The van der Waals surface area contributed by atoms with Gasteiger partial charge in [-0.05, 0) is 51.2 Å². The molecule has 1 aromatic rings. The average Bonchev–Trinajstić information content (AvgIpc) is 2.61. The number of carbonyl (C=O) groups excluding carboxylic acids is 1. The monoisotopic (exact) mass is 235 g/mol. The summed E-state index contributed by atoms with van der Waals surface area (Å²) in [5.74, 6) is 0. The highest BCUT2D eigenvalue weighted by Gasteiger charge is 2.12. The number of primary amides is 1. The Morgan fingerprint density at radius 3 is 1.94 bits per heavy atom. The van der Waals surface area contributed by atoms with Crippen LogP contribution in [0.1, 0.15) is 38.3 Å². The Morgan fingerprint density at radius 2 is 1.65 bits per heavy atom. The van der Waals surface area contributed by atoms with E-state index in [-0.39, 0.29) is 0 Å². The van der Waals surface area contributed by atoms with E-state index >= 15 is 0 Å². The van der Waals surface area contributed by atoms with Crippen LogP contribution in [0.2, 0.25) is 0 Å². The first kappa shape index (κ1) is 13.6. The molecule has 0 radical (unpaired) electrons. The highest BCUT2D eigenvalue weighted by atomic mass is 16.6. The molecule has 1 aromatic carbocycles. The quantitative estimate of drug-likeness (QED) is 0.751. The van der Waals surface area contributed by atoms with Gasteiger partial charge in [-0.3, -0.25) is 0 Å². The van der Waals surface area contributed by atoms with E-state index in [1.165, 1.54) is 19.3 Å². The molecule has 17 heavy (non-hydrogen) atoms. The normalized spacial score (nSPS) is 13.4. The summed E-state index contributed by atoms with van der Waals surface area (Å²) in [6.45, 7) is 5.28. The minimum atomic E-state index is -0.725. The second-order valence-corrected chi connectivity index (χ2v) is 5.16. The number of carbonyl (C=O) groups is 1. The summed E-state index contributed by atoms with van der Waals surface area (Å²) in [5, 5.41) is 0. The smallest absolute Gasteiger partial charge is 0.405 e. The van der Waals surface area contributed by atoms with Crippen molar-refractivity contribution in [3.8, 4) is 0 Å². The van der Waals surface area contributed by atoms with Crippen LogP contribution in [-0.4, -0.2) is 11.7 Å². The van der Waals surface area contributed by atoms with E-state index < -0.39 is 11.7 Å². The van der Waals surface area contributed by atoms with Gasteiger partial charge in [-0.25, -0.2) is 4.79 Å². The molecule has 0 atom stereocenters. The highest BCUT2D eigenvalue weighted by molar-refractivity contribution is 5.65. The van der Waals surface area contributed by atoms with Crippen LogP contribution in [0.25, 0.3) is 0 Å². The largest absolute Gasteiger partial charge is 0.444 e. The number of nitrogens with two attached hydrogens (primary N) is 1. The van der Waals surface area contributed by atoms with Crippen molar-refractivity contribution in [2.45, 2.75) is 45.6 Å². The second kappa shape index (κ2) is 5.71. The molecule has 0 aliphatic heterocycles. The maximum absolute atomic E-state index is 10.0. The average molecular weight is 235 g/mol. The molecule has 0 unspecified atom stereocenters. The molecule has 0 saturated heterocycles. The zero-order valence-electron chi connectivity index (χ0n) is 10.8. The van der Waals surface area contributed by atoms with Gasteiger partial charge in [-0.15, -0.1) is 0 Å². The fourth-order valence-corrected chi connectivity index (χ4v) is 1.82. The lowest BCUT2D eigenvalue weighted by atomic mass is 10.1. The molecular weight excluding hydrogens is 214 g/mol. The van der Waals surface area contributed by atoms with Crippen LogP contribution in [0.4, 0.5) is 4.79 Å². The standard InChI is InChI=1S/C9H10.C5H11NO2/c1-2-5-9-7-3-6-8(9)4-1;1-5(2,3)8-4(6)7/h1-2,4-5H,3,6-7H2;1-3H3,(H2,6,7). The molecule has 0 fully saturated rings. The van der Waals surface area contributed by atoms with E-state index in [0.29, 0.717) is 0 Å². The summed E-state index contributed by atoms with van der Waals surface area (Å²) >= 11 is 0. The van der Waals surface area contributed by atoms with Crippen LogP contribution in [0.5, 0.6) is 0 Å². The topological polar surface area (TPSA) is 52.3 Å². The number of hydrogen-bond donors (Lipinski definition) is 1. The molecule has 0 saturated carbocycles. The predicted octanol–water partition coefficient (Wildman–Crippen LogP) is 3.06. The van der Waals surface area contributed by atoms with E-state index in [2.05, 4.69) is 29.0 Å². The van der Waals surface area contributed by atoms with Crippen LogP contribution in [0.3, 0.4) is 0 Å². The summed E-state index contributed by atoms with van der Waals surface area (Å²) in [5.41, 5.74) is 7.40. The minimum Gasteiger partial charge on any atom is -0.444 e. The SMILES string of the molecule is CC(C)(C)OC(N)=O.c1ccc2c(c1)CCC2. The fraction of sp³-hybridized carbons (Fsp3) is 0.500. The summed E-state index contributed by atoms with van der Waals surface area (Å²) < 4.78 is 4.58. The maximum Gasteiger partial charge on any atom is 0.405 e. The third-order valence-electron chi connectivity index (χ3n) is 2.42. The Labute approximate surface area is 103 Å². The highest BCUT2D eigenvalue weighted by Crippen LogP contribution is 2.20. The minimum absolute atomic E-state index is 0.453. The second-order valence-electron chi connectivity index (χ2n) is 5.16. The van der Waals surface area contributed by atoms with Crippen LogP contribution >= 0.6 is 0 Å². The Bertz CT molecular complexity index is 357. The molecule has 0 bridgehead atoms. The molecule has 94 valence electrons. The summed E-state index contributed by atoms with van der Waals surface area (Å²) in [7, 11) is 0. The lowest BCUT2D eigenvalue weighted by Gasteiger charge is -2.16. The van der Waals surface area contributed by atoms with E-state index in [1.54, 1.807) is 31.9 Å². The van der Waals surface area contributed by atoms with Crippen LogP contribution < -0.4 is 5.73 Å². The van der Waals surface area contributed by atoms with Crippen molar-refractivity contribution in [2.75, 3.05) is 0 Å². The van der Waals surface area contributed by atoms with Gasteiger partial charge >= 0.3 is 6.09 Å². The Balaban J connectivity index is 0.000000172. The lowest BCUT2D eigenvalue weighted by molar-refractivity contribution is 0.0600. The summed E-state index contributed by atoms with van der Waals surface area (Å²) in [6.07, 6.45) is 3.24. The van der Waals surface area contributed by atoms with Gasteiger partial charge in [0.1, 0.15) is 5.60 Å². The van der Waals surface area contributed by atoms with Crippen molar-refractivity contribution in [3.05, 3.63) is 35.4 Å². The van der Waals surface area contributed by atoms with E-state index in [4.69, 9.17) is 5.73 Å². The molecule has 3 heteroatoms. The van der Waals surface area contributed by atoms with Gasteiger partial charge in [0.25, 0.3) is 0 Å². The lowest BCUT2D eigenvalue weighted by Crippen LogP contribution is -2.27. The number of rotatable bonds is 0. The van der Waals surface area contributed by atoms with E-state index in [1.807, 2.05) is 0 Å². The summed E-state index contributed by atoms with van der Waals surface area (Å²) in [6, 6.07) is 8.74. The molecule has 1 amide bonds. The molecule has 0 spiro atoms.